The van der Waals surface area contributed by atoms with Crippen molar-refractivity contribution >= 4 is 34.9 Å². The summed E-state index contributed by atoms with van der Waals surface area (Å²) in [4.78, 5) is 0. The molecule has 0 amide bonds. The zero-order valence-corrected chi connectivity index (χ0v) is 11.5. The van der Waals surface area contributed by atoms with Crippen LogP contribution in [0.4, 0.5) is 0 Å². The SMILES string of the molecule is ClCCC(=Cc1ccc(Cl)cc1)c1ccccc1. The van der Waals surface area contributed by atoms with Gasteiger partial charge in [-0.2, -0.15) is 0 Å². The van der Waals surface area contributed by atoms with Gasteiger partial charge in [0.2, 0.25) is 0 Å². The van der Waals surface area contributed by atoms with E-state index in [2.05, 4.69) is 18.2 Å². The first-order chi connectivity index (χ1) is 8.79. The second-order valence-corrected chi connectivity index (χ2v) is 4.84. The topological polar surface area (TPSA) is 0 Å². The van der Waals surface area contributed by atoms with Crippen molar-refractivity contribution in [3.05, 3.63) is 70.7 Å². The molecule has 0 saturated heterocycles. The van der Waals surface area contributed by atoms with Gasteiger partial charge in [-0.05, 0) is 35.3 Å². The van der Waals surface area contributed by atoms with E-state index >= 15 is 0 Å². The predicted octanol–water partition coefficient (Wildman–Crippen LogP) is 5.51. The molecule has 2 aromatic carbocycles. The standard InChI is InChI=1S/C16H14Cl2/c17-11-10-15(14-4-2-1-3-5-14)12-13-6-8-16(18)9-7-13/h1-9,12H,10-11H2. The van der Waals surface area contributed by atoms with E-state index in [4.69, 9.17) is 23.2 Å². The summed E-state index contributed by atoms with van der Waals surface area (Å²) in [6.07, 6.45) is 3.02. The third-order valence-corrected chi connectivity index (χ3v) is 3.16. The highest BCUT2D eigenvalue weighted by Crippen LogP contribution is 2.22. The second kappa shape index (κ2) is 6.63. The minimum atomic E-state index is 0.619. The van der Waals surface area contributed by atoms with Crippen LogP contribution < -0.4 is 0 Å². The van der Waals surface area contributed by atoms with Crippen LogP contribution in [0.3, 0.4) is 0 Å². The number of allylic oxidation sites excluding steroid dienone is 1. The number of benzene rings is 2. The van der Waals surface area contributed by atoms with Gasteiger partial charge in [0.25, 0.3) is 0 Å². The Balaban J connectivity index is 2.33. The Hall–Kier alpha value is -1.24. The number of hydrogen-bond acceptors (Lipinski definition) is 0. The fraction of sp³-hybridized carbons (Fsp3) is 0.125. The van der Waals surface area contributed by atoms with Crippen LogP contribution in [-0.4, -0.2) is 5.88 Å². The molecule has 92 valence electrons. The lowest BCUT2D eigenvalue weighted by Crippen LogP contribution is -1.86. The van der Waals surface area contributed by atoms with Crippen LogP contribution >= 0.6 is 23.2 Å². The largest absolute Gasteiger partial charge is 0.126 e. The summed E-state index contributed by atoms with van der Waals surface area (Å²) in [7, 11) is 0. The Morgan fingerprint density at radius 3 is 2.22 bits per heavy atom. The zero-order chi connectivity index (χ0) is 12.8. The molecule has 0 unspecified atom stereocenters. The highest BCUT2D eigenvalue weighted by atomic mass is 35.5. The summed E-state index contributed by atoms with van der Waals surface area (Å²) in [5, 5.41) is 0.755. The summed E-state index contributed by atoms with van der Waals surface area (Å²) in [5.41, 5.74) is 3.60. The van der Waals surface area contributed by atoms with Gasteiger partial charge in [-0.3, -0.25) is 0 Å². The molecule has 0 aliphatic rings. The first kappa shape index (κ1) is 13.2. The molecule has 0 radical (unpaired) electrons. The van der Waals surface area contributed by atoms with Crippen molar-refractivity contribution in [3.63, 3.8) is 0 Å². The van der Waals surface area contributed by atoms with E-state index in [1.807, 2.05) is 42.5 Å². The van der Waals surface area contributed by atoms with Crippen LogP contribution in [0.1, 0.15) is 17.5 Å². The third kappa shape index (κ3) is 3.63. The molecule has 2 aromatic rings. The average Bonchev–Trinajstić information content (AvgIpc) is 2.42. The van der Waals surface area contributed by atoms with Crippen molar-refractivity contribution in [3.8, 4) is 0 Å². The minimum absolute atomic E-state index is 0.619. The Morgan fingerprint density at radius 1 is 0.944 bits per heavy atom. The molecule has 0 atom stereocenters. The number of halogens is 2. The van der Waals surface area contributed by atoms with E-state index in [1.165, 1.54) is 11.1 Å². The van der Waals surface area contributed by atoms with Gasteiger partial charge in [-0.15, -0.1) is 11.6 Å². The molecule has 0 heterocycles. The minimum Gasteiger partial charge on any atom is -0.126 e. The van der Waals surface area contributed by atoms with Gasteiger partial charge in [-0.1, -0.05) is 60.1 Å². The normalized spacial score (nSPS) is 11.6. The molecule has 0 saturated carbocycles. The summed E-state index contributed by atoms with van der Waals surface area (Å²) >= 11 is 11.8. The fourth-order valence-corrected chi connectivity index (χ4v) is 2.14. The molecule has 0 N–H and O–H groups in total. The molecule has 0 aliphatic heterocycles. The van der Waals surface area contributed by atoms with Crippen molar-refractivity contribution in [2.45, 2.75) is 6.42 Å². The second-order valence-electron chi connectivity index (χ2n) is 4.03. The van der Waals surface area contributed by atoms with Gasteiger partial charge in [0, 0.05) is 10.9 Å². The van der Waals surface area contributed by atoms with Crippen molar-refractivity contribution in [2.75, 3.05) is 5.88 Å². The molecular formula is C16H14Cl2. The van der Waals surface area contributed by atoms with Gasteiger partial charge in [0.15, 0.2) is 0 Å². The molecule has 0 aliphatic carbocycles. The van der Waals surface area contributed by atoms with Crippen molar-refractivity contribution in [1.29, 1.82) is 0 Å². The summed E-state index contributed by atoms with van der Waals surface area (Å²) < 4.78 is 0. The lowest BCUT2D eigenvalue weighted by molar-refractivity contribution is 1.26. The van der Waals surface area contributed by atoms with Crippen LogP contribution in [-0.2, 0) is 0 Å². The monoisotopic (exact) mass is 276 g/mol. The zero-order valence-electron chi connectivity index (χ0n) is 9.94. The summed E-state index contributed by atoms with van der Waals surface area (Å²) in [6, 6.07) is 18.1. The van der Waals surface area contributed by atoms with Crippen LogP contribution in [0.2, 0.25) is 5.02 Å². The Kier molecular flexibility index (Phi) is 4.86. The van der Waals surface area contributed by atoms with Crippen molar-refractivity contribution in [1.82, 2.24) is 0 Å². The molecular weight excluding hydrogens is 263 g/mol. The smallest absolute Gasteiger partial charge is 0.0406 e. The van der Waals surface area contributed by atoms with Gasteiger partial charge >= 0.3 is 0 Å². The van der Waals surface area contributed by atoms with Gasteiger partial charge in [0.05, 0.1) is 0 Å². The molecule has 0 spiro atoms. The average molecular weight is 277 g/mol. The predicted molar refractivity (Wildman–Crippen MR) is 81.1 cm³/mol. The summed E-state index contributed by atoms with van der Waals surface area (Å²) in [6.45, 7) is 0. The van der Waals surface area contributed by atoms with E-state index < -0.39 is 0 Å². The highest BCUT2D eigenvalue weighted by molar-refractivity contribution is 6.30. The van der Waals surface area contributed by atoms with Gasteiger partial charge in [-0.25, -0.2) is 0 Å². The van der Waals surface area contributed by atoms with Gasteiger partial charge in [0.1, 0.15) is 0 Å². The van der Waals surface area contributed by atoms with Crippen molar-refractivity contribution < 1.29 is 0 Å². The molecule has 0 nitrogen and oxygen atoms in total. The summed E-state index contributed by atoms with van der Waals surface area (Å²) in [5.74, 6) is 0.619. The lowest BCUT2D eigenvalue weighted by atomic mass is 10.0. The van der Waals surface area contributed by atoms with Crippen LogP contribution in [0, 0.1) is 0 Å². The van der Waals surface area contributed by atoms with Crippen LogP contribution in [0.15, 0.2) is 54.6 Å². The maximum Gasteiger partial charge on any atom is 0.0406 e. The van der Waals surface area contributed by atoms with E-state index in [9.17, 15) is 0 Å². The molecule has 0 bridgehead atoms. The number of rotatable bonds is 4. The quantitative estimate of drug-likeness (QED) is 0.510. The lowest BCUT2D eigenvalue weighted by Gasteiger charge is -2.06. The molecule has 0 aromatic heterocycles. The maximum atomic E-state index is 5.88. The first-order valence-corrected chi connectivity index (χ1v) is 6.78. The van der Waals surface area contributed by atoms with E-state index in [1.54, 1.807) is 0 Å². The highest BCUT2D eigenvalue weighted by Gasteiger charge is 2.01. The molecule has 2 rings (SSSR count). The van der Waals surface area contributed by atoms with Crippen LogP contribution in [0.25, 0.3) is 11.6 Å². The molecule has 18 heavy (non-hydrogen) atoms. The Morgan fingerprint density at radius 2 is 1.61 bits per heavy atom. The number of hydrogen-bond donors (Lipinski definition) is 0. The Bertz CT molecular complexity index is 513. The number of alkyl halides is 1. The molecule has 0 fully saturated rings. The van der Waals surface area contributed by atoms with Gasteiger partial charge < -0.3 is 0 Å². The molecule has 2 heteroatoms. The van der Waals surface area contributed by atoms with Crippen molar-refractivity contribution in [2.24, 2.45) is 0 Å². The third-order valence-electron chi connectivity index (χ3n) is 2.72. The first-order valence-electron chi connectivity index (χ1n) is 5.87. The van der Waals surface area contributed by atoms with E-state index in [0.717, 1.165) is 17.0 Å². The van der Waals surface area contributed by atoms with E-state index in [0.29, 0.717) is 5.88 Å². The Labute approximate surface area is 118 Å². The van der Waals surface area contributed by atoms with E-state index in [-0.39, 0.29) is 0 Å². The maximum absolute atomic E-state index is 5.88. The van der Waals surface area contributed by atoms with Crippen LogP contribution in [0.5, 0.6) is 0 Å². The fourth-order valence-electron chi connectivity index (χ4n) is 1.81.